The van der Waals surface area contributed by atoms with Crippen LogP contribution in [0.3, 0.4) is 0 Å². The van der Waals surface area contributed by atoms with Crippen molar-refractivity contribution < 1.29 is 5.11 Å². The molecule has 2 aromatic rings. The summed E-state index contributed by atoms with van der Waals surface area (Å²) in [7, 11) is 2.04. The van der Waals surface area contributed by atoms with Crippen molar-refractivity contribution in [3.8, 4) is 5.75 Å². The highest BCUT2D eigenvalue weighted by Crippen LogP contribution is 2.32. The van der Waals surface area contributed by atoms with Gasteiger partial charge in [0.25, 0.3) is 0 Å². The molecule has 1 N–H and O–H groups in total. The van der Waals surface area contributed by atoms with Crippen LogP contribution in [0.4, 0.5) is 0 Å². The highest BCUT2D eigenvalue weighted by atomic mass is 79.9. The van der Waals surface area contributed by atoms with Crippen molar-refractivity contribution in [2.24, 2.45) is 0 Å². The van der Waals surface area contributed by atoms with Crippen molar-refractivity contribution in [1.82, 2.24) is 4.31 Å². The lowest BCUT2D eigenvalue weighted by atomic mass is 10.2. The number of rotatable bonds is 4. The van der Waals surface area contributed by atoms with Crippen LogP contribution in [-0.4, -0.2) is 16.5 Å². The molecule has 0 aliphatic carbocycles. The van der Waals surface area contributed by atoms with Crippen molar-refractivity contribution in [2.45, 2.75) is 10.8 Å². The Morgan fingerprint density at radius 1 is 1.35 bits per heavy atom. The zero-order chi connectivity index (χ0) is 12.3. The highest BCUT2D eigenvalue weighted by molar-refractivity contribution is 9.11. The first kappa shape index (κ1) is 13.0. The summed E-state index contributed by atoms with van der Waals surface area (Å²) in [5.41, 5.74) is 1.11. The molecule has 0 aliphatic rings. The Balaban J connectivity index is 1.95. The number of aromatic hydroxyl groups is 1. The van der Waals surface area contributed by atoms with Gasteiger partial charge >= 0.3 is 0 Å². The van der Waals surface area contributed by atoms with Crippen LogP contribution in [0.25, 0.3) is 0 Å². The summed E-state index contributed by atoms with van der Waals surface area (Å²) in [4.78, 5) is 0. The maximum Gasteiger partial charge on any atom is 0.115 e. The van der Waals surface area contributed by atoms with Crippen LogP contribution in [0.2, 0.25) is 0 Å². The lowest BCUT2D eigenvalue weighted by Crippen LogP contribution is -2.07. The van der Waals surface area contributed by atoms with Gasteiger partial charge in [-0.15, -0.1) is 11.3 Å². The largest absolute Gasteiger partial charge is 0.508 e. The quantitative estimate of drug-likeness (QED) is 0.843. The Hall–Kier alpha value is -0.490. The summed E-state index contributed by atoms with van der Waals surface area (Å²) in [6.07, 6.45) is 0. The molecule has 0 unspecified atom stereocenters. The summed E-state index contributed by atoms with van der Waals surface area (Å²) in [5, 5.41) is 9.39. The van der Waals surface area contributed by atoms with Crippen LogP contribution in [0, 0.1) is 0 Å². The van der Waals surface area contributed by atoms with E-state index in [9.17, 15) is 5.11 Å². The average Bonchev–Trinajstić information content (AvgIpc) is 2.63. The predicted molar refractivity (Wildman–Crippen MR) is 77.4 cm³/mol. The van der Waals surface area contributed by atoms with Gasteiger partial charge in [-0.25, -0.2) is 4.31 Å². The third kappa shape index (κ3) is 4.03. The Labute approximate surface area is 118 Å². The van der Waals surface area contributed by atoms with E-state index < -0.39 is 0 Å². The fourth-order valence-electron chi connectivity index (χ4n) is 1.44. The molecule has 0 spiro atoms. The molecule has 0 saturated heterocycles. The number of hydrogen-bond acceptors (Lipinski definition) is 4. The van der Waals surface area contributed by atoms with Gasteiger partial charge in [-0.2, -0.15) is 0 Å². The number of benzene rings is 1. The molecule has 1 aromatic heterocycles. The summed E-state index contributed by atoms with van der Waals surface area (Å²) < 4.78 is 4.54. The molecule has 5 heteroatoms. The molecule has 1 heterocycles. The van der Waals surface area contributed by atoms with Crippen molar-refractivity contribution in [1.29, 1.82) is 0 Å². The van der Waals surface area contributed by atoms with Gasteiger partial charge in [0.1, 0.15) is 5.75 Å². The maximum atomic E-state index is 9.39. The van der Waals surface area contributed by atoms with Crippen LogP contribution >= 0.6 is 39.2 Å². The Morgan fingerprint density at radius 2 is 2.18 bits per heavy atom. The zero-order valence-electron chi connectivity index (χ0n) is 9.26. The lowest BCUT2D eigenvalue weighted by molar-refractivity contribution is 0.472. The molecule has 0 amide bonds. The second-order valence-electron chi connectivity index (χ2n) is 3.61. The van der Waals surface area contributed by atoms with Gasteiger partial charge in [-0.1, -0.05) is 12.1 Å². The first-order valence-corrected chi connectivity index (χ1v) is 7.44. The molecule has 0 fully saturated rings. The average molecular weight is 330 g/mol. The third-order valence-corrected chi connectivity index (χ3v) is 4.76. The molecule has 2 nitrogen and oxygen atoms in total. The van der Waals surface area contributed by atoms with Crippen molar-refractivity contribution in [3.05, 3.63) is 45.7 Å². The topological polar surface area (TPSA) is 23.5 Å². The SMILES string of the molecule is CN(Cc1cccc(O)c1)Sc1ccc(Br)s1. The monoisotopic (exact) mass is 329 g/mol. The Morgan fingerprint density at radius 3 is 2.82 bits per heavy atom. The predicted octanol–water partition coefficient (Wildman–Crippen LogP) is 4.36. The molecular weight excluding hydrogens is 318 g/mol. The number of thiophene rings is 1. The minimum atomic E-state index is 0.319. The maximum absolute atomic E-state index is 9.39. The zero-order valence-corrected chi connectivity index (χ0v) is 12.5. The van der Waals surface area contributed by atoms with E-state index >= 15 is 0 Å². The normalized spacial score (nSPS) is 11.0. The van der Waals surface area contributed by atoms with E-state index in [1.807, 2.05) is 19.2 Å². The Kier molecular flexibility index (Phi) is 4.50. The third-order valence-electron chi connectivity index (χ3n) is 2.11. The van der Waals surface area contributed by atoms with Gasteiger partial charge in [-0.05, 0) is 64.8 Å². The van der Waals surface area contributed by atoms with Crippen LogP contribution < -0.4 is 0 Å². The molecule has 1 aromatic carbocycles. The van der Waals surface area contributed by atoms with Crippen LogP contribution in [-0.2, 0) is 6.54 Å². The van der Waals surface area contributed by atoms with Crippen LogP contribution in [0.15, 0.2) is 44.4 Å². The fraction of sp³-hybridized carbons (Fsp3) is 0.167. The molecule has 0 radical (unpaired) electrons. The van der Waals surface area contributed by atoms with E-state index in [-0.39, 0.29) is 0 Å². The van der Waals surface area contributed by atoms with Crippen LogP contribution in [0.5, 0.6) is 5.75 Å². The second kappa shape index (κ2) is 5.91. The highest BCUT2D eigenvalue weighted by Gasteiger charge is 2.05. The minimum absolute atomic E-state index is 0.319. The van der Waals surface area contributed by atoms with E-state index in [4.69, 9.17) is 0 Å². The Bertz CT molecular complexity index is 501. The molecule has 0 atom stereocenters. The fourth-order valence-corrected chi connectivity index (χ4v) is 4.34. The van der Waals surface area contributed by atoms with E-state index in [1.54, 1.807) is 35.4 Å². The van der Waals surface area contributed by atoms with Gasteiger partial charge in [0.2, 0.25) is 0 Å². The van der Waals surface area contributed by atoms with Gasteiger partial charge in [0.05, 0.1) is 8.00 Å². The molecule has 17 heavy (non-hydrogen) atoms. The first-order chi connectivity index (χ1) is 8.13. The van der Waals surface area contributed by atoms with Crippen molar-refractivity contribution in [2.75, 3.05) is 7.05 Å². The number of halogens is 1. The minimum Gasteiger partial charge on any atom is -0.508 e. The standard InChI is InChI=1S/C12H12BrNOS2/c1-14(17-12-6-5-11(13)16-12)8-9-3-2-4-10(15)7-9/h2-7,15H,8H2,1H3. The van der Waals surface area contributed by atoms with Gasteiger partial charge in [-0.3, -0.25) is 0 Å². The summed E-state index contributed by atoms with van der Waals surface area (Å²) in [6.45, 7) is 0.800. The molecule has 90 valence electrons. The van der Waals surface area contributed by atoms with E-state index in [0.29, 0.717) is 5.75 Å². The number of phenols is 1. The van der Waals surface area contributed by atoms with Crippen molar-refractivity contribution >= 4 is 39.2 Å². The first-order valence-electron chi connectivity index (χ1n) is 5.06. The smallest absolute Gasteiger partial charge is 0.115 e. The molecule has 0 bridgehead atoms. The molecule has 2 rings (SSSR count). The summed E-state index contributed by atoms with van der Waals surface area (Å²) in [5.74, 6) is 0.319. The molecular formula is C12H12BrNOS2. The molecule has 0 aliphatic heterocycles. The van der Waals surface area contributed by atoms with E-state index in [0.717, 1.165) is 15.9 Å². The van der Waals surface area contributed by atoms with Crippen LogP contribution in [0.1, 0.15) is 5.56 Å². The summed E-state index contributed by atoms with van der Waals surface area (Å²) >= 11 is 6.88. The van der Waals surface area contributed by atoms with E-state index in [1.165, 1.54) is 4.21 Å². The second-order valence-corrected chi connectivity index (χ2v) is 7.57. The van der Waals surface area contributed by atoms with Gasteiger partial charge in [0.15, 0.2) is 0 Å². The van der Waals surface area contributed by atoms with Gasteiger partial charge < -0.3 is 5.11 Å². The number of hydrogen-bond donors (Lipinski definition) is 1. The number of phenolic OH excluding ortho intramolecular Hbond substituents is 1. The van der Waals surface area contributed by atoms with Gasteiger partial charge in [0, 0.05) is 6.54 Å². The number of nitrogens with zero attached hydrogens (tertiary/aromatic N) is 1. The summed E-state index contributed by atoms with van der Waals surface area (Å²) in [6, 6.07) is 11.5. The lowest BCUT2D eigenvalue weighted by Gasteiger charge is -2.14. The van der Waals surface area contributed by atoms with E-state index in [2.05, 4.69) is 32.4 Å². The van der Waals surface area contributed by atoms with Crippen molar-refractivity contribution in [3.63, 3.8) is 0 Å². The molecule has 0 saturated carbocycles.